The highest BCUT2D eigenvalue weighted by atomic mass is 35.5. The van der Waals surface area contributed by atoms with Crippen molar-refractivity contribution in [3.8, 4) is 0 Å². The number of carbonyl (C=O) groups is 1. The van der Waals surface area contributed by atoms with Crippen molar-refractivity contribution in [1.29, 1.82) is 0 Å². The Balaban J connectivity index is 1.98. The third-order valence-electron chi connectivity index (χ3n) is 5.33. The molecule has 6 nitrogen and oxygen atoms in total. The number of rotatable bonds is 4. The van der Waals surface area contributed by atoms with Crippen molar-refractivity contribution in [2.24, 2.45) is 11.8 Å². The highest BCUT2D eigenvalue weighted by Gasteiger charge is 2.37. The van der Waals surface area contributed by atoms with Crippen LogP contribution in [0.2, 0.25) is 5.15 Å². The summed E-state index contributed by atoms with van der Waals surface area (Å²) in [5, 5.41) is -0.392. The van der Waals surface area contributed by atoms with E-state index >= 15 is 0 Å². The molecule has 2 unspecified atom stereocenters. The Hall–Kier alpha value is -1.34. The lowest BCUT2D eigenvalue weighted by molar-refractivity contribution is -0.118. The van der Waals surface area contributed by atoms with Gasteiger partial charge in [0.05, 0.1) is 5.75 Å². The van der Waals surface area contributed by atoms with Gasteiger partial charge in [-0.3, -0.25) is 4.79 Å². The van der Waals surface area contributed by atoms with Gasteiger partial charge in [0.15, 0.2) is 9.84 Å². The third kappa shape index (κ3) is 3.77. The number of hydrogen-bond acceptors (Lipinski definition) is 5. The quantitative estimate of drug-likeness (QED) is 0.586. The van der Waals surface area contributed by atoms with Crippen molar-refractivity contribution in [1.82, 2.24) is 9.88 Å². The van der Waals surface area contributed by atoms with Gasteiger partial charge in [-0.15, -0.1) is 0 Å². The molecule has 8 heteroatoms. The fourth-order valence-corrected chi connectivity index (χ4v) is 5.56. The third-order valence-corrected chi connectivity index (χ3v) is 7.56. The van der Waals surface area contributed by atoms with Crippen LogP contribution >= 0.6 is 11.6 Å². The summed E-state index contributed by atoms with van der Waals surface area (Å²) < 4.78 is 25.3. The molecule has 0 spiro atoms. The van der Waals surface area contributed by atoms with Crippen LogP contribution in [-0.4, -0.2) is 56.6 Å². The maximum Gasteiger partial charge on any atom is 0.209 e. The molecule has 2 aliphatic heterocycles. The number of aromatic nitrogens is 1. The SMILES string of the molecule is CC(C)C1CCN(c2nc(Cl)ccc2C2CN(C=O)CCS2(=O)=O)C1. The van der Waals surface area contributed by atoms with Crippen LogP contribution in [0.15, 0.2) is 12.1 Å². The Morgan fingerprint density at radius 2 is 2.04 bits per heavy atom. The molecule has 2 saturated heterocycles. The van der Waals surface area contributed by atoms with E-state index in [4.69, 9.17) is 11.6 Å². The standard InChI is InChI=1S/C17H24ClN3O3S/c1-12(2)13-5-6-21(9-13)17-14(3-4-16(18)19-17)15-10-20(11-22)7-8-25(15,23)24/h3-4,11-13,15H,5-10H2,1-2H3. The van der Waals surface area contributed by atoms with E-state index in [2.05, 4.69) is 23.7 Å². The molecule has 0 aliphatic carbocycles. The first-order chi connectivity index (χ1) is 11.8. The average molecular weight is 386 g/mol. The predicted octanol–water partition coefficient (Wildman–Crippen LogP) is 2.15. The number of anilines is 1. The Morgan fingerprint density at radius 3 is 2.68 bits per heavy atom. The van der Waals surface area contributed by atoms with Gasteiger partial charge in [-0.1, -0.05) is 31.5 Å². The van der Waals surface area contributed by atoms with E-state index in [1.165, 1.54) is 4.90 Å². The second-order valence-corrected chi connectivity index (χ2v) is 9.93. The molecule has 0 bridgehead atoms. The fraction of sp³-hybridized carbons (Fsp3) is 0.647. The molecule has 0 saturated carbocycles. The average Bonchev–Trinajstić information content (AvgIpc) is 3.05. The first kappa shape index (κ1) is 18.5. The summed E-state index contributed by atoms with van der Waals surface area (Å²) in [6, 6.07) is 3.38. The molecule has 1 aromatic heterocycles. The van der Waals surface area contributed by atoms with E-state index in [-0.39, 0.29) is 18.8 Å². The van der Waals surface area contributed by atoms with Gasteiger partial charge in [-0.2, -0.15) is 0 Å². The minimum atomic E-state index is -3.32. The largest absolute Gasteiger partial charge is 0.356 e. The maximum atomic E-state index is 12.6. The molecule has 2 aliphatic rings. The Kier molecular flexibility index (Phi) is 5.25. The van der Waals surface area contributed by atoms with Gasteiger partial charge in [0.25, 0.3) is 0 Å². The lowest BCUT2D eigenvalue weighted by Crippen LogP contribution is -2.42. The monoisotopic (exact) mass is 385 g/mol. The lowest BCUT2D eigenvalue weighted by atomic mass is 9.95. The van der Waals surface area contributed by atoms with E-state index < -0.39 is 15.1 Å². The predicted molar refractivity (Wildman–Crippen MR) is 98.6 cm³/mol. The van der Waals surface area contributed by atoms with Crippen LogP contribution in [0.5, 0.6) is 0 Å². The summed E-state index contributed by atoms with van der Waals surface area (Å²) in [4.78, 5) is 19.3. The second kappa shape index (κ2) is 7.11. The number of amides is 1. The molecule has 0 radical (unpaired) electrons. The van der Waals surface area contributed by atoms with E-state index in [9.17, 15) is 13.2 Å². The minimum Gasteiger partial charge on any atom is -0.356 e. The Bertz CT molecular complexity index is 754. The molecule has 3 rings (SSSR count). The molecule has 25 heavy (non-hydrogen) atoms. The highest BCUT2D eigenvalue weighted by Crippen LogP contribution is 2.37. The summed E-state index contributed by atoms with van der Waals surface area (Å²) in [7, 11) is -3.32. The molecule has 3 heterocycles. The first-order valence-corrected chi connectivity index (χ1v) is 10.7. The molecule has 0 N–H and O–H groups in total. The van der Waals surface area contributed by atoms with E-state index in [0.29, 0.717) is 28.4 Å². The number of pyridine rings is 1. The van der Waals surface area contributed by atoms with Crippen LogP contribution in [0.4, 0.5) is 5.82 Å². The topological polar surface area (TPSA) is 70.6 Å². The molecule has 138 valence electrons. The number of halogens is 1. The summed E-state index contributed by atoms with van der Waals surface area (Å²) in [5.74, 6) is 1.75. The van der Waals surface area contributed by atoms with Crippen molar-refractivity contribution in [3.63, 3.8) is 0 Å². The zero-order valence-corrected chi connectivity index (χ0v) is 16.1. The molecule has 1 amide bonds. The molecular weight excluding hydrogens is 362 g/mol. The molecular formula is C17H24ClN3O3S. The lowest BCUT2D eigenvalue weighted by Gasteiger charge is -2.32. The number of sulfone groups is 1. The van der Waals surface area contributed by atoms with Crippen molar-refractivity contribution in [2.45, 2.75) is 25.5 Å². The zero-order chi connectivity index (χ0) is 18.2. The van der Waals surface area contributed by atoms with Crippen molar-refractivity contribution in [3.05, 3.63) is 22.8 Å². The van der Waals surface area contributed by atoms with Crippen LogP contribution in [0.25, 0.3) is 0 Å². The van der Waals surface area contributed by atoms with E-state index in [1.54, 1.807) is 12.1 Å². The Labute approximate surface area is 154 Å². The summed E-state index contributed by atoms with van der Waals surface area (Å²) >= 11 is 6.11. The summed E-state index contributed by atoms with van der Waals surface area (Å²) in [5.41, 5.74) is 0.653. The van der Waals surface area contributed by atoms with Gasteiger partial charge in [-0.05, 0) is 24.3 Å². The highest BCUT2D eigenvalue weighted by molar-refractivity contribution is 7.91. The smallest absolute Gasteiger partial charge is 0.209 e. The van der Waals surface area contributed by atoms with Crippen LogP contribution in [0.1, 0.15) is 31.1 Å². The molecule has 0 aromatic carbocycles. The van der Waals surface area contributed by atoms with Crippen molar-refractivity contribution in [2.75, 3.05) is 36.8 Å². The van der Waals surface area contributed by atoms with E-state index in [0.717, 1.165) is 25.9 Å². The number of carbonyl (C=O) groups excluding carboxylic acids is 1. The minimum absolute atomic E-state index is 0.0207. The first-order valence-electron chi connectivity index (χ1n) is 8.64. The van der Waals surface area contributed by atoms with Crippen LogP contribution in [-0.2, 0) is 14.6 Å². The zero-order valence-electron chi connectivity index (χ0n) is 14.6. The van der Waals surface area contributed by atoms with E-state index in [1.807, 2.05) is 0 Å². The normalized spacial score (nSPS) is 26.2. The maximum absolute atomic E-state index is 12.6. The van der Waals surface area contributed by atoms with Gasteiger partial charge in [-0.25, -0.2) is 13.4 Å². The summed E-state index contributed by atoms with van der Waals surface area (Å²) in [6.45, 7) is 6.51. The molecule has 2 fully saturated rings. The number of hydrogen-bond donors (Lipinski definition) is 0. The Morgan fingerprint density at radius 1 is 1.28 bits per heavy atom. The van der Waals surface area contributed by atoms with Gasteiger partial charge >= 0.3 is 0 Å². The summed E-state index contributed by atoms with van der Waals surface area (Å²) in [6.07, 6.45) is 1.78. The van der Waals surface area contributed by atoms with Crippen molar-refractivity contribution >= 4 is 33.7 Å². The van der Waals surface area contributed by atoms with Gasteiger partial charge in [0.2, 0.25) is 6.41 Å². The van der Waals surface area contributed by atoms with Crippen LogP contribution in [0.3, 0.4) is 0 Å². The van der Waals surface area contributed by atoms with Gasteiger partial charge in [0.1, 0.15) is 16.2 Å². The van der Waals surface area contributed by atoms with Crippen LogP contribution < -0.4 is 4.90 Å². The fourth-order valence-electron chi connectivity index (χ4n) is 3.66. The van der Waals surface area contributed by atoms with Gasteiger partial charge < -0.3 is 9.80 Å². The molecule has 1 aromatic rings. The van der Waals surface area contributed by atoms with Gasteiger partial charge in [0, 0.05) is 31.7 Å². The second-order valence-electron chi connectivity index (χ2n) is 7.24. The van der Waals surface area contributed by atoms with Crippen LogP contribution in [0, 0.1) is 11.8 Å². The molecule has 2 atom stereocenters. The van der Waals surface area contributed by atoms with Crippen molar-refractivity contribution < 1.29 is 13.2 Å². The number of nitrogens with zero attached hydrogens (tertiary/aromatic N) is 3.